The third kappa shape index (κ3) is 3.79. The summed E-state index contributed by atoms with van der Waals surface area (Å²) in [7, 11) is 0. The highest BCUT2D eigenvalue weighted by atomic mass is 32.2. The average molecular weight is 234 g/mol. The molecule has 0 radical (unpaired) electrons. The standard InChI is InChI=1S/C13H18N2S/c1-10(2)9-11-5-3-6-12(13(11)15)16-8-4-7-14/h3,5-6,10H,4,8-9,15H2,1-2H3. The van der Waals surface area contributed by atoms with E-state index in [1.54, 1.807) is 11.8 Å². The molecule has 0 aliphatic heterocycles. The summed E-state index contributed by atoms with van der Waals surface area (Å²) in [5, 5.41) is 8.49. The number of nitrogens with two attached hydrogens (primary N) is 1. The van der Waals surface area contributed by atoms with Crippen LogP contribution in [0.2, 0.25) is 0 Å². The molecule has 3 heteroatoms. The fourth-order valence-electron chi connectivity index (χ4n) is 1.54. The van der Waals surface area contributed by atoms with E-state index >= 15 is 0 Å². The van der Waals surface area contributed by atoms with Crippen molar-refractivity contribution in [1.82, 2.24) is 0 Å². The van der Waals surface area contributed by atoms with Gasteiger partial charge >= 0.3 is 0 Å². The Balaban J connectivity index is 2.74. The molecule has 2 nitrogen and oxygen atoms in total. The van der Waals surface area contributed by atoms with Crippen LogP contribution >= 0.6 is 11.8 Å². The van der Waals surface area contributed by atoms with E-state index in [1.165, 1.54) is 5.56 Å². The van der Waals surface area contributed by atoms with Crippen molar-refractivity contribution in [1.29, 1.82) is 5.26 Å². The first-order valence-corrected chi connectivity index (χ1v) is 6.50. The summed E-state index contributed by atoms with van der Waals surface area (Å²) in [4.78, 5) is 1.11. The SMILES string of the molecule is CC(C)Cc1cccc(SCCC#N)c1N. The summed E-state index contributed by atoms with van der Waals surface area (Å²) in [5.74, 6) is 1.42. The van der Waals surface area contributed by atoms with Gasteiger partial charge in [0.15, 0.2) is 0 Å². The first kappa shape index (κ1) is 12.9. The molecule has 2 N–H and O–H groups in total. The number of nitrogens with zero attached hydrogens (tertiary/aromatic N) is 1. The summed E-state index contributed by atoms with van der Waals surface area (Å²) < 4.78 is 0. The minimum absolute atomic E-state index is 0.568. The number of benzene rings is 1. The summed E-state index contributed by atoms with van der Waals surface area (Å²) in [6.45, 7) is 4.38. The topological polar surface area (TPSA) is 49.8 Å². The van der Waals surface area contributed by atoms with Gasteiger partial charge in [-0.2, -0.15) is 5.26 Å². The Bertz CT molecular complexity index is 380. The van der Waals surface area contributed by atoms with Crippen LogP contribution in [0.15, 0.2) is 23.1 Å². The van der Waals surface area contributed by atoms with Crippen molar-refractivity contribution in [3.05, 3.63) is 23.8 Å². The van der Waals surface area contributed by atoms with Gasteiger partial charge < -0.3 is 5.73 Å². The van der Waals surface area contributed by atoms with Crippen molar-refractivity contribution >= 4 is 17.4 Å². The second kappa shape index (κ2) is 6.44. The number of thioether (sulfide) groups is 1. The molecule has 0 bridgehead atoms. The average Bonchev–Trinajstić information content (AvgIpc) is 2.23. The molecular formula is C13H18N2S. The van der Waals surface area contributed by atoms with Crippen LogP contribution in [0.25, 0.3) is 0 Å². The van der Waals surface area contributed by atoms with E-state index in [2.05, 4.69) is 26.0 Å². The van der Waals surface area contributed by atoms with E-state index < -0.39 is 0 Å². The van der Waals surface area contributed by atoms with E-state index in [0.717, 1.165) is 22.8 Å². The Labute approximate surface area is 102 Å². The van der Waals surface area contributed by atoms with Crippen molar-refractivity contribution in [3.63, 3.8) is 0 Å². The van der Waals surface area contributed by atoms with Gasteiger partial charge in [0.25, 0.3) is 0 Å². The number of anilines is 1. The number of hydrogen-bond donors (Lipinski definition) is 1. The van der Waals surface area contributed by atoms with Crippen molar-refractivity contribution in [3.8, 4) is 6.07 Å². The Hall–Kier alpha value is -1.14. The van der Waals surface area contributed by atoms with Crippen LogP contribution in [0.1, 0.15) is 25.8 Å². The Morgan fingerprint density at radius 2 is 2.19 bits per heavy atom. The van der Waals surface area contributed by atoms with Crippen LogP contribution in [0.3, 0.4) is 0 Å². The number of nitriles is 1. The molecule has 86 valence electrons. The maximum Gasteiger partial charge on any atom is 0.0630 e. The number of rotatable bonds is 5. The number of nitrogen functional groups attached to an aromatic ring is 1. The lowest BCUT2D eigenvalue weighted by Gasteiger charge is -2.11. The minimum Gasteiger partial charge on any atom is -0.398 e. The molecule has 0 atom stereocenters. The molecule has 1 rings (SSSR count). The van der Waals surface area contributed by atoms with Crippen LogP contribution in [0.4, 0.5) is 5.69 Å². The second-order valence-corrected chi connectivity index (χ2v) is 5.32. The first-order valence-electron chi connectivity index (χ1n) is 5.52. The molecule has 0 aliphatic rings. The lowest BCUT2D eigenvalue weighted by atomic mass is 10.0. The third-order valence-electron chi connectivity index (χ3n) is 2.26. The van der Waals surface area contributed by atoms with Crippen molar-refractivity contribution in [2.75, 3.05) is 11.5 Å². The van der Waals surface area contributed by atoms with Gasteiger partial charge in [0.1, 0.15) is 0 Å². The summed E-state index contributed by atoms with van der Waals surface area (Å²) in [5.41, 5.74) is 8.22. The molecule has 0 saturated heterocycles. The van der Waals surface area contributed by atoms with Crippen molar-refractivity contribution in [2.24, 2.45) is 5.92 Å². The zero-order valence-corrected chi connectivity index (χ0v) is 10.7. The highest BCUT2D eigenvalue weighted by Gasteiger charge is 2.06. The molecule has 0 amide bonds. The molecule has 0 heterocycles. The van der Waals surface area contributed by atoms with E-state index in [1.807, 2.05) is 12.1 Å². The minimum atomic E-state index is 0.568. The predicted octanol–water partition coefficient (Wildman–Crippen LogP) is 3.47. The normalized spacial score (nSPS) is 10.4. The monoisotopic (exact) mass is 234 g/mol. The van der Waals surface area contributed by atoms with Crippen molar-refractivity contribution < 1.29 is 0 Å². The second-order valence-electron chi connectivity index (χ2n) is 4.18. The van der Waals surface area contributed by atoms with E-state index in [-0.39, 0.29) is 0 Å². The zero-order chi connectivity index (χ0) is 12.0. The van der Waals surface area contributed by atoms with Crippen molar-refractivity contribution in [2.45, 2.75) is 31.6 Å². The third-order valence-corrected chi connectivity index (χ3v) is 3.33. The molecule has 0 spiro atoms. The lowest BCUT2D eigenvalue weighted by Crippen LogP contribution is -2.00. The van der Waals surface area contributed by atoms with Crippen LogP contribution in [-0.4, -0.2) is 5.75 Å². The molecule has 1 aromatic rings. The lowest BCUT2D eigenvalue weighted by molar-refractivity contribution is 0.647. The molecule has 1 aromatic carbocycles. The van der Waals surface area contributed by atoms with Crippen LogP contribution < -0.4 is 5.73 Å². The maximum atomic E-state index is 8.49. The predicted molar refractivity (Wildman–Crippen MR) is 70.4 cm³/mol. The highest BCUT2D eigenvalue weighted by Crippen LogP contribution is 2.29. The first-order chi connectivity index (χ1) is 7.65. The van der Waals surface area contributed by atoms with Gasteiger partial charge in [-0.05, 0) is 24.0 Å². The van der Waals surface area contributed by atoms with Gasteiger partial charge in [-0.3, -0.25) is 0 Å². The smallest absolute Gasteiger partial charge is 0.0630 e. The molecule has 16 heavy (non-hydrogen) atoms. The number of hydrogen-bond acceptors (Lipinski definition) is 3. The molecule has 0 unspecified atom stereocenters. The fraction of sp³-hybridized carbons (Fsp3) is 0.462. The highest BCUT2D eigenvalue weighted by molar-refractivity contribution is 7.99. The van der Waals surface area contributed by atoms with Crippen LogP contribution in [0.5, 0.6) is 0 Å². The van der Waals surface area contributed by atoms with Gasteiger partial charge in [-0.15, -0.1) is 11.8 Å². The zero-order valence-electron chi connectivity index (χ0n) is 9.86. The van der Waals surface area contributed by atoms with Gasteiger partial charge in [0.05, 0.1) is 6.07 Å². The quantitative estimate of drug-likeness (QED) is 0.482. The van der Waals surface area contributed by atoms with E-state index in [0.29, 0.717) is 12.3 Å². The van der Waals surface area contributed by atoms with Gasteiger partial charge in [0, 0.05) is 22.8 Å². The van der Waals surface area contributed by atoms with Crippen LogP contribution in [0, 0.1) is 17.2 Å². The molecular weight excluding hydrogens is 216 g/mol. The number of para-hydroxylation sites is 1. The van der Waals surface area contributed by atoms with Crippen LogP contribution in [-0.2, 0) is 6.42 Å². The Morgan fingerprint density at radius 3 is 2.81 bits per heavy atom. The molecule has 0 saturated carbocycles. The fourth-order valence-corrected chi connectivity index (χ4v) is 2.41. The van der Waals surface area contributed by atoms with Gasteiger partial charge in [0.2, 0.25) is 0 Å². The maximum absolute atomic E-state index is 8.49. The summed E-state index contributed by atoms with van der Waals surface area (Å²) in [6, 6.07) is 8.30. The van der Waals surface area contributed by atoms with Gasteiger partial charge in [-0.25, -0.2) is 0 Å². The van der Waals surface area contributed by atoms with Gasteiger partial charge in [-0.1, -0.05) is 26.0 Å². The Kier molecular flexibility index (Phi) is 5.21. The molecule has 0 aromatic heterocycles. The Morgan fingerprint density at radius 1 is 1.44 bits per heavy atom. The summed E-state index contributed by atoms with van der Waals surface area (Å²) >= 11 is 1.67. The largest absolute Gasteiger partial charge is 0.398 e. The van der Waals surface area contributed by atoms with E-state index in [9.17, 15) is 0 Å². The summed E-state index contributed by atoms with van der Waals surface area (Å²) in [6.07, 6.45) is 1.58. The molecule has 0 aliphatic carbocycles. The van der Waals surface area contributed by atoms with E-state index in [4.69, 9.17) is 11.0 Å². The molecule has 0 fully saturated rings.